The summed E-state index contributed by atoms with van der Waals surface area (Å²) in [6.45, 7) is 3.42. The largest absolute Gasteiger partial charge is 0.387 e. The molecule has 1 heterocycles. The Labute approximate surface area is 126 Å². The molecule has 0 spiro atoms. The number of fused-ring (bicyclic) bond motifs is 1. The van der Waals surface area contributed by atoms with Crippen molar-refractivity contribution in [1.82, 2.24) is 10.2 Å². The molecular formula is C16H25N3O2. The summed E-state index contributed by atoms with van der Waals surface area (Å²) < 4.78 is 0. The Balaban J connectivity index is 2.04. The lowest BCUT2D eigenvalue weighted by atomic mass is 9.97. The normalized spacial score (nSPS) is 16.8. The van der Waals surface area contributed by atoms with Crippen LogP contribution in [0.3, 0.4) is 0 Å². The van der Waals surface area contributed by atoms with Gasteiger partial charge in [-0.3, -0.25) is 4.79 Å². The van der Waals surface area contributed by atoms with E-state index in [4.69, 9.17) is 0 Å². The Hall–Kier alpha value is -1.59. The van der Waals surface area contributed by atoms with Gasteiger partial charge in [-0.15, -0.1) is 0 Å². The van der Waals surface area contributed by atoms with Crippen LogP contribution in [0.5, 0.6) is 0 Å². The number of carbonyl (C=O) groups is 1. The van der Waals surface area contributed by atoms with Gasteiger partial charge in [0.25, 0.3) is 5.91 Å². The molecule has 0 aromatic heterocycles. The van der Waals surface area contributed by atoms with Crippen LogP contribution in [0.25, 0.3) is 0 Å². The Morgan fingerprint density at radius 2 is 2.24 bits per heavy atom. The number of nitrogens with zero attached hydrogens (tertiary/aromatic N) is 1. The zero-order valence-electron chi connectivity index (χ0n) is 13.1. The van der Waals surface area contributed by atoms with E-state index < -0.39 is 5.60 Å². The smallest absolute Gasteiger partial charge is 0.251 e. The molecular weight excluding hydrogens is 266 g/mol. The molecule has 0 saturated heterocycles. The molecule has 2 rings (SSSR count). The zero-order chi connectivity index (χ0) is 15.5. The summed E-state index contributed by atoms with van der Waals surface area (Å²) in [6.07, 6.45) is 1.95. The predicted octanol–water partition coefficient (Wildman–Crippen LogP) is 1.09. The van der Waals surface area contributed by atoms with Crippen LogP contribution < -0.4 is 10.6 Å². The van der Waals surface area contributed by atoms with Gasteiger partial charge in [0.15, 0.2) is 0 Å². The highest BCUT2D eigenvalue weighted by Gasteiger charge is 2.23. The third-order valence-corrected chi connectivity index (χ3v) is 3.63. The molecule has 5 heteroatoms. The van der Waals surface area contributed by atoms with E-state index in [9.17, 15) is 9.90 Å². The van der Waals surface area contributed by atoms with E-state index in [0.29, 0.717) is 12.1 Å². The summed E-state index contributed by atoms with van der Waals surface area (Å²) in [5.41, 5.74) is 1.90. The Kier molecular flexibility index (Phi) is 4.85. The van der Waals surface area contributed by atoms with Crippen LogP contribution >= 0.6 is 0 Å². The topological polar surface area (TPSA) is 64.6 Å². The number of anilines is 1. The number of benzene rings is 1. The average Bonchev–Trinajstić information content (AvgIpc) is 2.43. The Bertz CT molecular complexity index is 512. The summed E-state index contributed by atoms with van der Waals surface area (Å²) in [7, 11) is 3.80. The average molecular weight is 291 g/mol. The van der Waals surface area contributed by atoms with Crippen LogP contribution in [0.15, 0.2) is 18.2 Å². The summed E-state index contributed by atoms with van der Waals surface area (Å²) in [6, 6.07) is 5.75. The van der Waals surface area contributed by atoms with Crippen molar-refractivity contribution < 1.29 is 9.90 Å². The molecule has 0 fully saturated rings. The predicted molar refractivity (Wildman–Crippen MR) is 84.8 cm³/mol. The van der Waals surface area contributed by atoms with Gasteiger partial charge in [-0.1, -0.05) is 6.07 Å². The number of nitrogens with one attached hydrogen (secondary N) is 2. The molecule has 1 aliphatic heterocycles. The van der Waals surface area contributed by atoms with Gasteiger partial charge in [0.05, 0.1) is 5.60 Å². The quantitative estimate of drug-likeness (QED) is 0.760. The van der Waals surface area contributed by atoms with Crippen molar-refractivity contribution in [2.75, 3.05) is 39.0 Å². The second kappa shape index (κ2) is 6.45. The van der Waals surface area contributed by atoms with Gasteiger partial charge < -0.3 is 20.6 Å². The lowest BCUT2D eigenvalue weighted by Crippen LogP contribution is -2.47. The fourth-order valence-electron chi connectivity index (χ4n) is 2.83. The minimum absolute atomic E-state index is 0.116. The highest BCUT2D eigenvalue weighted by Crippen LogP contribution is 2.25. The number of likely N-dealkylation sites (N-methyl/N-ethyl adjacent to an activating group) is 1. The zero-order valence-corrected chi connectivity index (χ0v) is 13.1. The Morgan fingerprint density at radius 3 is 2.95 bits per heavy atom. The lowest BCUT2D eigenvalue weighted by Gasteiger charge is -2.27. The maximum atomic E-state index is 12.4. The van der Waals surface area contributed by atoms with Gasteiger partial charge in [0.1, 0.15) is 0 Å². The van der Waals surface area contributed by atoms with Gasteiger partial charge in [0, 0.05) is 30.9 Å². The van der Waals surface area contributed by atoms with Crippen molar-refractivity contribution in [3.05, 3.63) is 29.3 Å². The summed E-state index contributed by atoms with van der Waals surface area (Å²) >= 11 is 0. The van der Waals surface area contributed by atoms with Gasteiger partial charge in [-0.25, -0.2) is 0 Å². The minimum atomic E-state index is -0.938. The number of carbonyl (C=O) groups excluding carboxylic acids is 1. The highest BCUT2D eigenvalue weighted by molar-refractivity contribution is 5.97. The van der Waals surface area contributed by atoms with Crippen LogP contribution in [0.4, 0.5) is 5.69 Å². The molecule has 1 aromatic carbocycles. The molecule has 1 aromatic rings. The van der Waals surface area contributed by atoms with Crippen molar-refractivity contribution in [1.29, 1.82) is 0 Å². The van der Waals surface area contributed by atoms with Crippen LogP contribution in [0.2, 0.25) is 0 Å². The molecule has 116 valence electrons. The van der Waals surface area contributed by atoms with Crippen LogP contribution in [-0.4, -0.2) is 55.2 Å². The van der Waals surface area contributed by atoms with Crippen LogP contribution in [0.1, 0.15) is 29.3 Å². The number of amides is 1. The first-order chi connectivity index (χ1) is 9.89. The third-order valence-electron chi connectivity index (χ3n) is 3.63. The first-order valence-electron chi connectivity index (χ1n) is 7.40. The molecule has 1 amide bonds. The molecule has 0 radical (unpaired) electrons. The second-order valence-electron chi connectivity index (χ2n) is 6.28. The van der Waals surface area contributed by atoms with Gasteiger partial charge >= 0.3 is 0 Å². The Morgan fingerprint density at radius 1 is 1.48 bits per heavy atom. The first kappa shape index (κ1) is 15.8. The minimum Gasteiger partial charge on any atom is -0.387 e. The van der Waals surface area contributed by atoms with Crippen molar-refractivity contribution in [3.8, 4) is 0 Å². The monoisotopic (exact) mass is 291 g/mol. The number of hydrogen-bond donors (Lipinski definition) is 3. The van der Waals surface area contributed by atoms with Crippen molar-refractivity contribution in [2.45, 2.75) is 25.4 Å². The van der Waals surface area contributed by atoms with Gasteiger partial charge in [-0.05, 0) is 51.6 Å². The fourth-order valence-corrected chi connectivity index (χ4v) is 2.83. The molecule has 5 nitrogen and oxygen atoms in total. The molecule has 1 unspecified atom stereocenters. The fraction of sp³-hybridized carbons (Fsp3) is 0.562. The number of hydrogen-bond acceptors (Lipinski definition) is 4. The van der Waals surface area contributed by atoms with E-state index >= 15 is 0 Å². The molecule has 1 atom stereocenters. The number of rotatable bonds is 5. The van der Waals surface area contributed by atoms with Crippen LogP contribution in [0, 0.1) is 0 Å². The van der Waals surface area contributed by atoms with Crippen molar-refractivity contribution >= 4 is 11.6 Å². The van der Waals surface area contributed by atoms with E-state index in [2.05, 4.69) is 10.6 Å². The molecule has 0 aliphatic carbocycles. The van der Waals surface area contributed by atoms with E-state index in [1.807, 2.05) is 37.2 Å². The maximum Gasteiger partial charge on any atom is 0.251 e. The third kappa shape index (κ3) is 4.19. The summed E-state index contributed by atoms with van der Waals surface area (Å²) in [5, 5.41) is 16.4. The van der Waals surface area contributed by atoms with E-state index in [0.717, 1.165) is 30.6 Å². The standard InChI is InChI=1S/C16H25N3O2/c1-16(21,11-19(2)3)10-18-15(20)13-6-4-8-14-12(13)7-5-9-17-14/h4,6,8,17,21H,5,7,9-11H2,1-3H3,(H,18,20). The van der Waals surface area contributed by atoms with E-state index in [-0.39, 0.29) is 12.5 Å². The van der Waals surface area contributed by atoms with Crippen LogP contribution in [-0.2, 0) is 6.42 Å². The molecule has 3 N–H and O–H groups in total. The second-order valence-corrected chi connectivity index (χ2v) is 6.28. The maximum absolute atomic E-state index is 12.4. The molecule has 0 bridgehead atoms. The van der Waals surface area contributed by atoms with E-state index in [1.165, 1.54) is 0 Å². The van der Waals surface area contributed by atoms with Crippen molar-refractivity contribution in [2.24, 2.45) is 0 Å². The molecule has 1 aliphatic rings. The van der Waals surface area contributed by atoms with Crippen molar-refractivity contribution in [3.63, 3.8) is 0 Å². The lowest BCUT2D eigenvalue weighted by molar-refractivity contribution is 0.0326. The van der Waals surface area contributed by atoms with E-state index in [1.54, 1.807) is 6.92 Å². The van der Waals surface area contributed by atoms with Gasteiger partial charge in [0.2, 0.25) is 0 Å². The first-order valence-corrected chi connectivity index (χ1v) is 7.40. The van der Waals surface area contributed by atoms with Gasteiger partial charge in [-0.2, -0.15) is 0 Å². The summed E-state index contributed by atoms with van der Waals surface area (Å²) in [5.74, 6) is -0.116. The summed E-state index contributed by atoms with van der Waals surface area (Å²) in [4.78, 5) is 14.3. The number of aliphatic hydroxyl groups is 1. The molecule has 21 heavy (non-hydrogen) atoms. The SMILES string of the molecule is CN(C)CC(C)(O)CNC(=O)c1cccc2c1CCCN2. The highest BCUT2D eigenvalue weighted by atomic mass is 16.3. The molecule has 0 saturated carbocycles.